The highest BCUT2D eigenvalue weighted by atomic mass is 16.2. The summed E-state index contributed by atoms with van der Waals surface area (Å²) in [6.07, 6.45) is 0. The molecule has 2 N–H and O–H groups in total. The smallest absolute Gasteiger partial charge is 0.251 e. The zero-order valence-electron chi connectivity index (χ0n) is 17.0. The largest absolute Gasteiger partial charge is 0.355 e. The molecular weight excluding hydrogens is 352 g/mol. The number of carbonyl (C=O) groups is 2. The van der Waals surface area contributed by atoms with Crippen molar-refractivity contribution in [2.75, 3.05) is 33.7 Å². The Morgan fingerprint density at radius 2 is 1.32 bits per heavy atom. The molecule has 0 fully saturated rings. The number of hydrogen-bond donors (Lipinski definition) is 2. The number of rotatable bonds is 7. The molecule has 3 aromatic rings. The molecule has 0 atom stereocenters. The van der Waals surface area contributed by atoms with Crippen LogP contribution in [-0.4, -0.2) is 55.0 Å². The summed E-state index contributed by atoms with van der Waals surface area (Å²) in [4.78, 5) is 26.6. The number of amides is 2. The van der Waals surface area contributed by atoms with Crippen LogP contribution in [0.15, 0.2) is 36.4 Å². The van der Waals surface area contributed by atoms with E-state index in [9.17, 15) is 9.59 Å². The van der Waals surface area contributed by atoms with E-state index >= 15 is 0 Å². The molecule has 0 saturated heterocycles. The van der Waals surface area contributed by atoms with E-state index in [0.29, 0.717) is 11.1 Å². The summed E-state index contributed by atoms with van der Waals surface area (Å²) in [5, 5.41) is 7.33. The van der Waals surface area contributed by atoms with Gasteiger partial charge in [0.2, 0.25) is 0 Å². The van der Waals surface area contributed by atoms with Gasteiger partial charge in [0, 0.05) is 60.1 Å². The summed E-state index contributed by atoms with van der Waals surface area (Å²) in [6, 6.07) is 11.5. The molecule has 0 aliphatic carbocycles. The Morgan fingerprint density at radius 3 is 1.71 bits per heavy atom. The van der Waals surface area contributed by atoms with Crippen LogP contribution in [0, 0.1) is 0 Å². The zero-order valence-corrected chi connectivity index (χ0v) is 17.0. The maximum Gasteiger partial charge on any atom is 0.251 e. The molecule has 0 unspecified atom stereocenters. The summed E-state index contributed by atoms with van der Waals surface area (Å²) >= 11 is 0. The first-order valence-corrected chi connectivity index (χ1v) is 9.76. The predicted molar refractivity (Wildman–Crippen MR) is 114 cm³/mol. The molecule has 6 nitrogen and oxygen atoms in total. The minimum atomic E-state index is -0.117. The van der Waals surface area contributed by atoms with Crippen LogP contribution in [0.2, 0.25) is 0 Å². The van der Waals surface area contributed by atoms with E-state index in [1.54, 1.807) is 14.1 Å². The van der Waals surface area contributed by atoms with E-state index in [4.69, 9.17) is 0 Å². The number of nitrogens with zero attached hydrogens (tertiary/aromatic N) is 2. The molecule has 0 saturated carbocycles. The van der Waals surface area contributed by atoms with Crippen LogP contribution in [0.1, 0.15) is 34.6 Å². The molecule has 3 rings (SSSR count). The average Bonchev–Trinajstić information content (AvgIpc) is 3.05. The molecular formula is C22H28N4O2. The lowest BCUT2D eigenvalue weighted by atomic mass is 10.1. The Bertz CT molecular complexity index is 945. The van der Waals surface area contributed by atoms with Gasteiger partial charge in [-0.05, 0) is 49.5 Å². The first-order valence-electron chi connectivity index (χ1n) is 9.76. The van der Waals surface area contributed by atoms with Crippen LogP contribution in [-0.2, 0) is 6.54 Å². The molecule has 2 amide bonds. The van der Waals surface area contributed by atoms with Gasteiger partial charge in [0.15, 0.2) is 0 Å². The molecule has 6 heteroatoms. The van der Waals surface area contributed by atoms with Gasteiger partial charge >= 0.3 is 0 Å². The average molecular weight is 380 g/mol. The number of likely N-dealkylation sites (N-methyl/N-ethyl adjacent to an activating group) is 1. The van der Waals surface area contributed by atoms with Gasteiger partial charge in [0.05, 0.1) is 0 Å². The maximum absolute atomic E-state index is 12.1. The van der Waals surface area contributed by atoms with Crippen molar-refractivity contribution in [1.82, 2.24) is 20.1 Å². The molecule has 0 aliphatic heterocycles. The Kier molecular flexibility index (Phi) is 5.99. The molecule has 1 aromatic heterocycles. The van der Waals surface area contributed by atoms with Gasteiger partial charge in [-0.25, -0.2) is 0 Å². The number of nitrogens with one attached hydrogen (secondary N) is 2. The third-order valence-corrected chi connectivity index (χ3v) is 5.38. The maximum atomic E-state index is 12.1. The van der Waals surface area contributed by atoms with Crippen molar-refractivity contribution in [2.24, 2.45) is 0 Å². The van der Waals surface area contributed by atoms with Crippen molar-refractivity contribution in [3.63, 3.8) is 0 Å². The van der Waals surface area contributed by atoms with Gasteiger partial charge in [-0.15, -0.1) is 0 Å². The summed E-state index contributed by atoms with van der Waals surface area (Å²) in [6.45, 7) is 8.15. The number of hydrogen-bond acceptors (Lipinski definition) is 3. The first-order chi connectivity index (χ1) is 13.5. The van der Waals surface area contributed by atoms with Crippen molar-refractivity contribution in [2.45, 2.75) is 20.4 Å². The molecule has 0 radical (unpaired) electrons. The lowest BCUT2D eigenvalue weighted by molar-refractivity contribution is 0.0955. The summed E-state index contributed by atoms with van der Waals surface area (Å²) < 4.78 is 2.28. The summed E-state index contributed by atoms with van der Waals surface area (Å²) in [5.41, 5.74) is 3.37. The topological polar surface area (TPSA) is 66.4 Å². The number of benzene rings is 2. The molecule has 0 spiro atoms. The van der Waals surface area contributed by atoms with Crippen molar-refractivity contribution >= 4 is 33.6 Å². The third kappa shape index (κ3) is 3.60. The van der Waals surface area contributed by atoms with Crippen LogP contribution in [0.4, 0.5) is 0 Å². The monoisotopic (exact) mass is 380 g/mol. The fourth-order valence-electron chi connectivity index (χ4n) is 3.70. The molecule has 1 heterocycles. The first kappa shape index (κ1) is 19.9. The van der Waals surface area contributed by atoms with Crippen molar-refractivity contribution in [1.29, 1.82) is 0 Å². The molecule has 0 bridgehead atoms. The Morgan fingerprint density at radius 1 is 0.857 bits per heavy atom. The van der Waals surface area contributed by atoms with Crippen molar-refractivity contribution < 1.29 is 9.59 Å². The second-order valence-corrected chi connectivity index (χ2v) is 6.80. The third-order valence-electron chi connectivity index (χ3n) is 5.38. The van der Waals surface area contributed by atoms with E-state index in [2.05, 4.69) is 33.9 Å². The minimum Gasteiger partial charge on any atom is -0.355 e. The Balaban J connectivity index is 2.19. The number of carbonyl (C=O) groups excluding carboxylic acids is 2. The normalized spacial score (nSPS) is 11.3. The molecule has 28 heavy (non-hydrogen) atoms. The predicted octanol–water partition coefficient (Wildman–Crippen LogP) is 2.86. The lowest BCUT2D eigenvalue weighted by Crippen LogP contribution is -2.27. The van der Waals surface area contributed by atoms with E-state index < -0.39 is 0 Å². The van der Waals surface area contributed by atoms with E-state index in [-0.39, 0.29) is 11.8 Å². The number of fused-ring (bicyclic) bond motifs is 3. The van der Waals surface area contributed by atoms with Crippen LogP contribution < -0.4 is 10.6 Å². The summed E-state index contributed by atoms with van der Waals surface area (Å²) in [5.74, 6) is -0.234. The standard InChI is InChI=1S/C22H28N4O2/c1-5-25(6-2)11-12-26-19-9-7-15(21(27)23-3)13-17(19)18-14-16(22(28)24-4)8-10-20(18)26/h7-10,13-14H,5-6,11-12H2,1-4H3,(H,23,27)(H,24,28). The van der Waals surface area contributed by atoms with Crippen LogP contribution in [0.25, 0.3) is 21.8 Å². The van der Waals surface area contributed by atoms with Gasteiger partial charge in [-0.3, -0.25) is 9.59 Å². The highest BCUT2D eigenvalue weighted by Crippen LogP contribution is 2.31. The van der Waals surface area contributed by atoms with E-state index in [1.807, 2.05) is 36.4 Å². The van der Waals surface area contributed by atoms with E-state index in [0.717, 1.165) is 48.0 Å². The molecule has 0 aliphatic rings. The Labute approximate surface area is 165 Å². The second kappa shape index (κ2) is 8.44. The Hall–Kier alpha value is -2.86. The van der Waals surface area contributed by atoms with Crippen molar-refractivity contribution in [3.8, 4) is 0 Å². The fraction of sp³-hybridized carbons (Fsp3) is 0.364. The van der Waals surface area contributed by atoms with Gasteiger partial charge in [-0.1, -0.05) is 13.8 Å². The van der Waals surface area contributed by atoms with Crippen molar-refractivity contribution in [3.05, 3.63) is 47.5 Å². The van der Waals surface area contributed by atoms with Gasteiger partial charge < -0.3 is 20.1 Å². The quantitative estimate of drug-likeness (QED) is 0.662. The minimum absolute atomic E-state index is 0.117. The second-order valence-electron chi connectivity index (χ2n) is 6.80. The molecule has 148 valence electrons. The highest BCUT2D eigenvalue weighted by molar-refractivity contribution is 6.12. The van der Waals surface area contributed by atoms with Crippen LogP contribution in [0.5, 0.6) is 0 Å². The van der Waals surface area contributed by atoms with Gasteiger partial charge in [0.1, 0.15) is 0 Å². The number of aromatic nitrogens is 1. The van der Waals surface area contributed by atoms with Gasteiger partial charge in [-0.2, -0.15) is 0 Å². The highest BCUT2D eigenvalue weighted by Gasteiger charge is 2.15. The van der Waals surface area contributed by atoms with Crippen LogP contribution in [0.3, 0.4) is 0 Å². The zero-order chi connectivity index (χ0) is 20.3. The van der Waals surface area contributed by atoms with Gasteiger partial charge in [0.25, 0.3) is 11.8 Å². The fourth-order valence-corrected chi connectivity index (χ4v) is 3.70. The SMILES string of the molecule is CCN(CC)CCn1c2ccc(C(=O)NC)cc2c2cc(C(=O)NC)ccc21. The van der Waals surface area contributed by atoms with E-state index in [1.165, 1.54) is 0 Å². The van der Waals surface area contributed by atoms with Crippen LogP contribution >= 0.6 is 0 Å². The molecule has 2 aromatic carbocycles. The lowest BCUT2D eigenvalue weighted by Gasteiger charge is -2.19. The summed E-state index contributed by atoms with van der Waals surface area (Å²) in [7, 11) is 3.26.